The van der Waals surface area contributed by atoms with Gasteiger partial charge >= 0.3 is 0 Å². The molecular weight excluding hydrogens is 434 g/mol. The van der Waals surface area contributed by atoms with Gasteiger partial charge in [-0.15, -0.1) is 0 Å². The van der Waals surface area contributed by atoms with E-state index in [0.717, 1.165) is 6.42 Å². The number of halogens is 2. The van der Waals surface area contributed by atoms with Crippen LogP contribution >= 0.6 is 45.2 Å². The van der Waals surface area contributed by atoms with Crippen molar-refractivity contribution in [1.82, 2.24) is 0 Å². The molecule has 17 heavy (non-hydrogen) atoms. The van der Waals surface area contributed by atoms with Gasteiger partial charge in [0.1, 0.15) is 0 Å². The van der Waals surface area contributed by atoms with Crippen molar-refractivity contribution in [3.8, 4) is 0 Å². The first-order chi connectivity index (χ1) is 8.20. The molecule has 0 aliphatic carbocycles. The summed E-state index contributed by atoms with van der Waals surface area (Å²) in [6.07, 6.45) is 1.14. The topological polar surface area (TPSA) is 0 Å². The number of hydrogen-bond acceptors (Lipinski definition) is 0. The molecule has 2 aromatic carbocycles. The van der Waals surface area contributed by atoms with Crippen LogP contribution in [0, 0.1) is 7.14 Å². The van der Waals surface area contributed by atoms with Crippen LogP contribution in [-0.4, -0.2) is 0 Å². The van der Waals surface area contributed by atoms with E-state index >= 15 is 0 Å². The van der Waals surface area contributed by atoms with Crippen molar-refractivity contribution in [1.29, 1.82) is 0 Å². The van der Waals surface area contributed by atoms with E-state index in [9.17, 15) is 0 Å². The summed E-state index contributed by atoms with van der Waals surface area (Å²) in [4.78, 5) is 0. The monoisotopic (exact) mass is 448 g/mol. The van der Waals surface area contributed by atoms with Crippen LogP contribution in [0.1, 0.15) is 30.4 Å². The molecule has 2 aromatic rings. The maximum Gasteiger partial charge on any atom is 0.0130 e. The Labute approximate surface area is 130 Å². The van der Waals surface area contributed by atoms with Crippen LogP contribution in [0.2, 0.25) is 0 Å². The number of hydrogen-bond donors (Lipinski definition) is 0. The Hall–Kier alpha value is -0.100. The van der Waals surface area contributed by atoms with Gasteiger partial charge in [0.25, 0.3) is 0 Å². The van der Waals surface area contributed by atoms with Crippen molar-refractivity contribution >= 4 is 45.2 Å². The molecular formula is C15H14I2. The molecule has 0 N–H and O–H groups in total. The van der Waals surface area contributed by atoms with Crippen molar-refractivity contribution in [2.75, 3.05) is 0 Å². The summed E-state index contributed by atoms with van der Waals surface area (Å²) in [5, 5.41) is 0. The zero-order chi connectivity index (χ0) is 12.3. The minimum Gasteiger partial charge on any atom is -0.0645 e. The summed E-state index contributed by atoms with van der Waals surface area (Å²) < 4.78 is 2.59. The smallest absolute Gasteiger partial charge is 0.0130 e. The van der Waals surface area contributed by atoms with Gasteiger partial charge in [0.05, 0.1) is 0 Å². The molecule has 0 saturated carbocycles. The molecule has 0 fully saturated rings. The van der Waals surface area contributed by atoms with Gasteiger partial charge in [-0.1, -0.05) is 31.2 Å². The van der Waals surface area contributed by atoms with Crippen molar-refractivity contribution in [2.45, 2.75) is 19.3 Å². The van der Waals surface area contributed by atoms with Crippen LogP contribution < -0.4 is 0 Å². The Balaban J connectivity index is 2.33. The SMILES string of the molecule is CCC(c1ccc(I)cc1)c1ccc(I)cc1. The highest BCUT2D eigenvalue weighted by Gasteiger charge is 2.11. The third kappa shape index (κ3) is 3.44. The third-order valence-corrected chi connectivity index (χ3v) is 4.39. The second-order valence-corrected chi connectivity index (χ2v) is 6.56. The molecule has 0 aromatic heterocycles. The van der Waals surface area contributed by atoms with Gasteiger partial charge in [0, 0.05) is 13.1 Å². The Bertz CT molecular complexity index is 426. The van der Waals surface area contributed by atoms with Gasteiger partial charge in [-0.2, -0.15) is 0 Å². The summed E-state index contributed by atoms with van der Waals surface area (Å²) >= 11 is 4.70. The summed E-state index contributed by atoms with van der Waals surface area (Å²) in [6.45, 7) is 2.25. The maximum absolute atomic E-state index is 2.35. The molecule has 88 valence electrons. The molecule has 0 spiro atoms. The maximum atomic E-state index is 2.35. The van der Waals surface area contributed by atoms with E-state index in [0.29, 0.717) is 5.92 Å². The highest BCUT2D eigenvalue weighted by molar-refractivity contribution is 14.1. The molecule has 0 heterocycles. The molecule has 2 rings (SSSR count). The van der Waals surface area contributed by atoms with Gasteiger partial charge in [0.15, 0.2) is 0 Å². The highest BCUT2D eigenvalue weighted by Crippen LogP contribution is 2.28. The summed E-state index contributed by atoms with van der Waals surface area (Å²) in [5.74, 6) is 0.518. The van der Waals surface area contributed by atoms with E-state index in [1.807, 2.05) is 0 Å². The van der Waals surface area contributed by atoms with Gasteiger partial charge in [-0.3, -0.25) is 0 Å². The Morgan fingerprint density at radius 1 is 0.765 bits per heavy atom. The number of rotatable bonds is 3. The average molecular weight is 448 g/mol. The molecule has 0 aliphatic rings. The minimum absolute atomic E-state index is 0.518. The van der Waals surface area contributed by atoms with Crippen LogP contribution in [0.25, 0.3) is 0 Å². The van der Waals surface area contributed by atoms with Crippen LogP contribution in [0.3, 0.4) is 0 Å². The minimum atomic E-state index is 0.518. The molecule has 0 aliphatic heterocycles. The van der Waals surface area contributed by atoms with Crippen molar-refractivity contribution in [2.24, 2.45) is 0 Å². The molecule has 0 bridgehead atoms. The summed E-state index contributed by atoms with van der Waals surface area (Å²) in [5.41, 5.74) is 2.82. The highest BCUT2D eigenvalue weighted by atomic mass is 127. The molecule has 0 unspecified atom stereocenters. The van der Waals surface area contributed by atoms with E-state index in [4.69, 9.17) is 0 Å². The first kappa shape index (κ1) is 13.3. The lowest BCUT2D eigenvalue weighted by Crippen LogP contribution is -1.99. The van der Waals surface area contributed by atoms with E-state index in [2.05, 4.69) is 101 Å². The van der Waals surface area contributed by atoms with Crippen molar-refractivity contribution < 1.29 is 0 Å². The molecule has 0 radical (unpaired) electrons. The van der Waals surface area contributed by atoms with E-state index < -0.39 is 0 Å². The van der Waals surface area contributed by atoms with Gasteiger partial charge in [0.2, 0.25) is 0 Å². The van der Waals surface area contributed by atoms with Gasteiger partial charge in [-0.25, -0.2) is 0 Å². The molecule has 0 atom stereocenters. The lowest BCUT2D eigenvalue weighted by molar-refractivity contribution is 0.777. The fraction of sp³-hybridized carbons (Fsp3) is 0.200. The van der Waals surface area contributed by atoms with Crippen LogP contribution in [0.15, 0.2) is 48.5 Å². The van der Waals surface area contributed by atoms with E-state index in [1.54, 1.807) is 0 Å². The van der Waals surface area contributed by atoms with Crippen molar-refractivity contribution in [3.63, 3.8) is 0 Å². The largest absolute Gasteiger partial charge is 0.0645 e. The first-order valence-corrected chi connectivity index (χ1v) is 7.87. The molecule has 2 heteroatoms. The summed E-state index contributed by atoms with van der Waals surface area (Å²) in [7, 11) is 0. The van der Waals surface area contributed by atoms with Gasteiger partial charge < -0.3 is 0 Å². The second-order valence-electron chi connectivity index (χ2n) is 4.06. The fourth-order valence-electron chi connectivity index (χ4n) is 2.05. The molecule has 0 amide bonds. The summed E-state index contributed by atoms with van der Waals surface area (Å²) in [6, 6.07) is 17.7. The second kappa shape index (κ2) is 6.18. The fourth-order valence-corrected chi connectivity index (χ4v) is 2.77. The third-order valence-electron chi connectivity index (χ3n) is 2.95. The van der Waals surface area contributed by atoms with Crippen LogP contribution in [0.5, 0.6) is 0 Å². The normalized spacial score (nSPS) is 10.8. The standard InChI is InChI=1S/C15H14I2/c1-2-15(11-3-7-13(16)8-4-11)12-5-9-14(17)10-6-12/h3-10,15H,2H2,1H3. The van der Waals surface area contributed by atoms with Crippen LogP contribution in [-0.2, 0) is 0 Å². The van der Waals surface area contributed by atoms with Crippen molar-refractivity contribution in [3.05, 3.63) is 66.8 Å². The van der Waals surface area contributed by atoms with Gasteiger partial charge in [-0.05, 0) is 87.0 Å². The predicted molar refractivity (Wildman–Crippen MR) is 90.5 cm³/mol. The quantitative estimate of drug-likeness (QED) is 0.550. The molecule has 0 nitrogen and oxygen atoms in total. The average Bonchev–Trinajstić information content (AvgIpc) is 2.35. The Morgan fingerprint density at radius 2 is 1.12 bits per heavy atom. The zero-order valence-corrected chi connectivity index (χ0v) is 14.0. The lowest BCUT2D eigenvalue weighted by Gasteiger charge is -2.16. The van der Waals surface area contributed by atoms with Crippen LogP contribution in [0.4, 0.5) is 0 Å². The molecule has 0 saturated heterocycles. The zero-order valence-electron chi connectivity index (χ0n) is 9.66. The number of benzene rings is 2. The van der Waals surface area contributed by atoms with E-state index in [-0.39, 0.29) is 0 Å². The predicted octanol–water partition coefficient (Wildman–Crippen LogP) is 5.44. The van der Waals surface area contributed by atoms with E-state index in [1.165, 1.54) is 18.3 Å². The Morgan fingerprint density at radius 3 is 1.41 bits per heavy atom. The first-order valence-electron chi connectivity index (χ1n) is 5.71. The Kier molecular flexibility index (Phi) is 4.85. The lowest BCUT2D eigenvalue weighted by atomic mass is 9.89.